The normalized spacial score (nSPS) is 12.7. The van der Waals surface area contributed by atoms with Crippen molar-refractivity contribution >= 4 is 38.9 Å². The average molecular weight is 411 g/mol. The van der Waals surface area contributed by atoms with Gasteiger partial charge in [0.15, 0.2) is 0 Å². The maximum Gasteiger partial charge on any atom is 0.408 e. The summed E-state index contributed by atoms with van der Waals surface area (Å²) < 4.78 is 11.3. The monoisotopic (exact) mass is 410 g/mol. The van der Waals surface area contributed by atoms with Crippen molar-refractivity contribution in [3.8, 4) is 0 Å². The average Bonchev–Trinajstić information content (AvgIpc) is 2.87. The van der Waals surface area contributed by atoms with Crippen LogP contribution in [0.25, 0.3) is 10.9 Å². The molecule has 1 heterocycles. The smallest absolute Gasteiger partial charge is 0.408 e. The molecule has 1 unspecified atom stereocenters. The van der Waals surface area contributed by atoms with Crippen molar-refractivity contribution < 1.29 is 19.1 Å². The number of aromatic nitrogens is 1. The first-order chi connectivity index (χ1) is 11.7. The van der Waals surface area contributed by atoms with Crippen molar-refractivity contribution in [1.29, 1.82) is 0 Å². The molecular formula is C18H23BrN2O4. The molecule has 0 saturated heterocycles. The second-order valence-corrected chi connectivity index (χ2v) is 7.57. The van der Waals surface area contributed by atoms with E-state index in [0.29, 0.717) is 6.42 Å². The number of benzene rings is 1. The minimum Gasteiger partial charge on any atom is -0.464 e. The van der Waals surface area contributed by atoms with Gasteiger partial charge < -0.3 is 19.8 Å². The summed E-state index contributed by atoms with van der Waals surface area (Å²) in [5, 5.41) is 3.60. The van der Waals surface area contributed by atoms with Crippen LogP contribution in [0.5, 0.6) is 0 Å². The van der Waals surface area contributed by atoms with Crippen LogP contribution in [0, 0.1) is 0 Å². The fraction of sp³-hybridized carbons (Fsp3) is 0.444. The van der Waals surface area contributed by atoms with E-state index < -0.39 is 23.7 Å². The van der Waals surface area contributed by atoms with Crippen LogP contribution in [0.4, 0.5) is 4.79 Å². The van der Waals surface area contributed by atoms with Gasteiger partial charge in [0.05, 0.1) is 6.61 Å². The first-order valence-electron chi connectivity index (χ1n) is 8.11. The van der Waals surface area contributed by atoms with Crippen LogP contribution < -0.4 is 5.32 Å². The van der Waals surface area contributed by atoms with Crippen LogP contribution in [0.2, 0.25) is 0 Å². The molecule has 136 valence electrons. The number of H-pyrrole nitrogens is 1. The summed E-state index contributed by atoms with van der Waals surface area (Å²) in [5.41, 5.74) is 1.22. The van der Waals surface area contributed by atoms with Crippen molar-refractivity contribution in [2.24, 2.45) is 0 Å². The van der Waals surface area contributed by atoms with E-state index in [4.69, 9.17) is 9.47 Å². The number of halogens is 1. The number of nitrogens with one attached hydrogen (secondary N) is 2. The van der Waals surface area contributed by atoms with E-state index in [1.165, 1.54) is 0 Å². The predicted molar refractivity (Wildman–Crippen MR) is 99.5 cm³/mol. The van der Waals surface area contributed by atoms with Crippen molar-refractivity contribution in [3.05, 3.63) is 34.4 Å². The third-order valence-corrected chi connectivity index (χ3v) is 3.91. The lowest BCUT2D eigenvalue weighted by molar-refractivity contribution is -0.145. The minimum absolute atomic E-state index is 0.241. The second-order valence-electron chi connectivity index (χ2n) is 6.66. The topological polar surface area (TPSA) is 80.4 Å². The van der Waals surface area contributed by atoms with Gasteiger partial charge in [-0.2, -0.15) is 0 Å². The van der Waals surface area contributed by atoms with Gasteiger partial charge in [-0.25, -0.2) is 9.59 Å². The largest absolute Gasteiger partial charge is 0.464 e. The maximum absolute atomic E-state index is 12.3. The molecule has 0 bridgehead atoms. The lowest BCUT2D eigenvalue weighted by Crippen LogP contribution is -2.45. The molecule has 6 nitrogen and oxygen atoms in total. The summed E-state index contributed by atoms with van der Waals surface area (Å²) in [6.45, 7) is 7.27. The number of rotatable bonds is 5. The zero-order valence-corrected chi connectivity index (χ0v) is 16.4. The Kier molecular flexibility index (Phi) is 6.11. The quantitative estimate of drug-likeness (QED) is 0.731. The molecule has 0 fully saturated rings. The van der Waals surface area contributed by atoms with E-state index in [9.17, 15) is 9.59 Å². The summed E-state index contributed by atoms with van der Waals surface area (Å²) >= 11 is 3.45. The Morgan fingerprint density at radius 2 is 2.04 bits per heavy atom. The van der Waals surface area contributed by atoms with Crippen molar-refractivity contribution in [2.75, 3.05) is 6.61 Å². The molecule has 2 rings (SSSR count). The van der Waals surface area contributed by atoms with E-state index in [1.807, 2.05) is 24.4 Å². The van der Waals surface area contributed by atoms with E-state index >= 15 is 0 Å². The molecule has 1 atom stereocenters. The zero-order valence-electron chi connectivity index (χ0n) is 14.8. The molecule has 1 aromatic carbocycles. The molecular weight excluding hydrogens is 388 g/mol. The summed E-state index contributed by atoms with van der Waals surface area (Å²) in [7, 11) is 0. The molecule has 2 aromatic rings. The number of carbonyl (C=O) groups is 2. The molecule has 0 aliphatic carbocycles. The molecule has 0 aliphatic heterocycles. The number of carbonyl (C=O) groups excluding carboxylic acids is 2. The Hall–Kier alpha value is -2.02. The molecule has 0 radical (unpaired) electrons. The van der Waals surface area contributed by atoms with Gasteiger partial charge in [-0.05, 0) is 51.5 Å². The predicted octanol–water partition coefficient (Wildman–Crippen LogP) is 3.93. The molecule has 0 spiro atoms. The van der Waals surface area contributed by atoms with Crippen LogP contribution in [0.1, 0.15) is 33.3 Å². The second kappa shape index (κ2) is 7.91. The van der Waals surface area contributed by atoms with Crippen molar-refractivity contribution in [1.82, 2.24) is 10.3 Å². The van der Waals surface area contributed by atoms with Gasteiger partial charge in [-0.3, -0.25) is 0 Å². The third-order valence-electron chi connectivity index (χ3n) is 3.42. The Bertz CT molecular complexity index is 764. The number of hydrogen-bond donors (Lipinski definition) is 2. The summed E-state index contributed by atoms with van der Waals surface area (Å²) in [6, 6.07) is 5.03. The van der Waals surface area contributed by atoms with E-state index in [-0.39, 0.29) is 6.61 Å². The summed E-state index contributed by atoms with van der Waals surface area (Å²) in [6.07, 6.45) is 1.49. The highest BCUT2D eigenvalue weighted by molar-refractivity contribution is 9.10. The van der Waals surface area contributed by atoms with Crippen molar-refractivity contribution in [2.45, 2.75) is 45.8 Å². The highest BCUT2D eigenvalue weighted by Gasteiger charge is 2.26. The number of fused-ring (bicyclic) bond motifs is 1. The molecule has 2 N–H and O–H groups in total. The number of esters is 1. The number of ether oxygens (including phenoxy) is 2. The first kappa shape index (κ1) is 19.3. The number of amides is 1. The Labute approximate surface area is 155 Å². The standard InChI is InChI=1S/C18H23BrN2O4/c1-5-24-16(22)15(21-17(23)25-18(2,3)4)8-11-10-20-14-7-6-12(19)9-13(11)14/h6-7,9-10,15,20H,5,8H2,1-4H3,(H,21,23). The highest BCUT2D eigenvalue weighted by atomic mass is 79.9. The van der Waals surface area contributed by atoms with Gasteiger partial charge in [0.1, 0.15) is 11.6 Å². The molecule has 7 heteroatoms. The lowest BCUT2D eigenvalue weighted by atomic mass is 10.1. The number of hydrogen-bond acceptors (Lipinski definition) is 4. The van der Waals surface area contributed by atoms with E-state index in [1.54, 1.807) is 27.7 Å². The Balaban J connectivity index is 2.21. The van der Waals surface area contributed by atoms with Gasteiger partial charge in [0.2, 0.25) is 0 Å². The SMILES string of the molecule is CCOC(=O)C(Cc1c[nH]c2ccc(Br)cc12)NC(=O)OC(C)(C)C. The van der Waals surface area contributed by atoms with Crippen LogP contribution in [-0.4, -0.2) is 35.3 Å². The molecule has 25 heavy (non-hydrogen) atoms. The van der Waals surface area contributed by atoms with Gasteiger partial charge in [-0.1, -0.05) is 15.9 Å². The fourth-order valence-corrected chi connectivity index (χ4v) is 2.79. The highest BCUT2D eigenvalue weighted by Crippen LogP contribution is 2.24. The van der Waals surface area contributed by atoms with Gasteiger partial charge >= 0.3 is 12.1 Å². The van der Waals surface area contributed by atoms with Crippen LogP contribution in [0.15, 0.2) is 28.9 Å². The molecule has 1 amide bonds. The van der Waals surface area contributed by atoms with Gasteiger partial charge in [-0.15, -0.1) is 0 Å². The summed E-state index contributed by atoms with van der Waals surface area (Å²) in [5.74, 6) is -0.488. The Morgan fingerprint density at radius 3 is 2.68 bits per heavy atom. The number of aromatic amines is 1. The van der Waals surface area contributed by atoms with E-state index in [2.05, 4.69) is 26.2 Å². The third kappa shape index (κ3) is 5.49. The van der Waals surface area contributed by atoms with Crippen LogP contribution in [-0.2, 0) is 20.7 Å². The molecule has 0 saturated carbocycles. The van der Waals surface area contributed by atoms with Gasteiger partial charge in [0, 0.05) is 28.0 Å². The summed E-state index contributed by atoms with van der Waals surface area (Å²) in [4.78, 5) is 27.5. The first-order valence-corrected chi connectivity index (χ1v) is 8.90. The van der Waals surface area contributed by atoms with Crippen LogP contribution in [0.3, 0.4) is 0 Å². The van der Waals surface area contributed by atoms with Gasteiger partial charge in [0.25, 0.3) is 0 Å². The van der Waals surface area contributed by atoms with Crippen LogP contribution >= 0.6 is 15.9 Å². The molecule has 1 aromatic heterocycles. The lowest BCUT2D eigenvalue weighted by Gasteiger charge is -2.22. The van der Waals surface area contributed by atoms with E-state index in [0.717, 1.165) is 20.9 Å². The fourth-order valence-electron chi connectivity index (χ4n) is 2.43. The zero-order chi connectivity index (χ0) is 18.6. The Morgan fingerprint density at radius 1 is 1.32 bits per heavy atom. The number of alkyl carbamates (subject to hydrolysis) is 1. The van der Waals surface area contributed by atoms with Crippen molar-refractivity contribution in [3.63, 3.8) is 0 Å². The minimum atomic E-state index is -0.826. The molecule has 0 aliphatic rings. The maximum atomic E-state index is 12.3.